The van der Waals surface area contributed by atoms with Gasteiger partial charge < -0.3 is 25.1 Å². The van der Waals surface area contributed by atoms with Gasteiger partial charge in [0.2, 0.25) is 5.95 Å². The maximum atomic E-state index is 6.19. The first-order valence-electron chi connectivity index (χ1n) is 9.38. The summed E-state index contributed by atoms with van der Waals surface area (Å²) in [5, 5.41) is 12.8. The maximum Gasteiger partial charge on any atom is 0.225 e. The quantitative estimate of drug-likeness (QED) is 0.690. The number of aromatic nitrogens is 5. The monoisotopic (exact) mass is 383 g/mol. The molecule has 148 valence electrons. The van der Waals surface area contributed by atoms with Crippen molar-refractivity contribution in [2.24, 2.45) is 0 Å². The van der Waals surface area contributed by atoms with Crippen LogP contribution in [0.5, 0.6) is 11.5 Å². The van der Waals surface area contributed by atoms with Gasteiger partial charge in [-0.15, -0.1) is 10.2 Å². The number of hydrogen-bond donors (Lipinski definition) is 2. The molecule has 0 aliphatic carbocycles. The van der Waals surface area contributed by atoms with E-state index in [0.717, 1.165) is 36.4 Å². The summed E-state index contributed by atoms with van der Waals surface area (Å²) in [4.78, 5) is 9.08. The number of anilines is 2. The smallest absolute Gasteiger partial charge is 0.225 e. The van der Waals surface area contributed by atoms with Crippen LogP contribution in [0.15, 0.2) is 12.1 Å². The molecule has 28 heavy (non-hydrogen) atoms. The molecule has 0 fully saturated rings. The molecule has 3 aromatic rings. The molecule has 1 aliphatic heterocycles. The van der Waals surface area contributed by atoms with Crippen LogP contribution >= 0.6 is 0 Å². The highest BCUT2D eigenvalue weighted by Crippen LogP contribution is 2.34. The van der Waals surface area contributed by atoms with Crippen LogP contribution in [0.1, 0.15) is 37.8 Å². The molecule has 0 saturated heterocycles. The Bertz CT molecular complexity index is 1020. The highest BCUT2D eigenvalue weighted by molar-refractivity contribution is 5.91. The summed E-state index contributed by atoms with van der Waals surface area (Å²) in [5.41, 5.74) is 6.89. The predicted octanol–water partition coefficient (Wildman–Crippen LogP) is 2.37. The van der Waals surface area contributed by atoms with E-state index in [-0.39, 0.29) is 6.04 Å². The largest absolute Gasteiger partial charge is 0.493 e. The van der Waals surface area contributed by atoms with Gasteiger partial charge in [-0.1, -0.05) is 13.8 Å². The Labute approximate surface area is 163 Å². The zero-order valence-corrected chi connectivity index (χ0v) is 16.6. The predicted molar refractivity (Wildman–Crippen MR) is 107 cm³/mol. The molecule has 9 nitrogen and oxygen atoms in total. The van der Waals surface area contributed by atoms with Gasteiger partial charge in [0.25, 0.3) is 0 Å². The third-order valence-electron chi connectivity index (χ3n) is 5.06. The van der Waals surface area contributed by atoms with E-state index in [9.17, 15) is 0 Å². The van der Waals surface area contributed by atoms with Gasteiger partial charge in [0.1, 0.15) is 17.5 Å². The molecule has 1 aliphatic rings. The van der Waals surface area contributed by atoms with Gasteiger partial charge in [-0.3, -0.25) is 0 Å². The van der Waals surface area contributed by atoms with Crippen molar-refractivity contribution in [2.45, 2.75) is 45.2 Å². The van der Waals surface area contributed by atoms with Crippen molar-refractivity contribution >= 4 is 22.7 Å². The summed E-state index contributed by atoms with van der Waals surface area (Å²) in [6, 6.07) is 3.79. The number of nitrogens with zero attached hydrogens (tertiary/aromatic N) is 5. The van der Waals surface area contributed by atoms with Gasteiger partial charge in [0.05, 0.1) is 19.7 Å². The molecule has 0 radical (unpaired) electrons. The Morgan fingerprint density at radius 1 is 1.14 bits per heavy atom. The number of hydrogen-bond acceptors (Lipinski definition) is 8. The SMILES string of the molecule is COc1cc2nc(NC3CCc4nnc(C(C)C)n4C3)nc(N)c2cc1OC. The van der Waals surface area contributed by atoms with E-state index in [1.807, 2.05) is 6.07 Å². The fourth-order valence-electron chi connectivity index (χ4n) is 3.62. The molecule has 4 rings (SSSR count). The van der Waals surface area contributed by atoms with E-state index in [2.05, 4.69) is 43.9 Å². The van der Waals surface area contributed by atoms with E-state index in [4.69, 9.17) is 15.2 Å². The number of ether oxygens (including phenoxy) is 2. The van der Waals surface area contributed by atoms with E-state index in [1.54, 1.807) is 20.3 Å². The van der Waals surface area contributed by atoms with Crippen molar-refractivity contribution < 1.29 is 9.47 Å². The Balaban J connectivity index is 1.62. The van der Waals surface area contributed by atoms with Crippen molar-refractivity contribution in [3.8, 4) is 11.5 Å². The first kappa shape index (κ1) is 18.3. The van der Waals surface area contributed by atoms with E-state index < -0.39 is 0 Å². The molecule has 0 spiro atoms. The zero-order chi connectivity index (χ0) is 19.8. The first-order valence-corrected chi connectivity index (χ1v) is 9.38. The number of nitrogens with two attached hydrogens (primary N) is 1. The zero-order valence-electron chi connectivity index (χ0n) is 16.6. The second-order valence-corrected chi connectivity index (χ2v) is 7.28. The van der Waals surface area contributed by atoms with Crippen LogP contribution in [0.4, 0.5) is 11.8 Å². The summed E-state index contributed by atoms with van der Waals surface area (Å²) >= 11 is 0. The Morgan fingerprint density at radius 2 is 1.89 bits per heavy atom. The minimum atomic E-state index is 0.179. The molecule has 0 amide bonds. The average Bonchev–Trinajstić information content (AvgIpc) is 3.10. The first-order chi connectivity index (χ1) is 13.5. The highest BCUT2D eigenvalue weighted by Gasteiger charge is 2.24. The van der Waals surface area contributed by atoms with Crippen molar-refractivity contribution in [1.82, 2.24) is 24.7 Å². The second-order valence-electron chi connectivity index (χ2n) is 7.28. The molecular formula is C19H25N7O2. The van der Waals surface area contributed by atoms with E-state index in [1.165, 1.54) is 0 Å². The minimum Gasteiger partial charge on any atom is -0.493 e. The van der Waals surface area contributed by atoms with Gasteiger partial charge in [0.15, 0.2) is 11.5 Å². The maximum absolute atomic E-state index is 6.19. The lowest BCUT2D eigenvalue weighted by Crippen LogP contribution is -2.33. The number of nitrogen functional groups attached to an aromatic ring is 1. The summed E-state index contributed by atoms with van der Waals surface area (Å²) in [6.45, 7) is 5.04. The molecule has 9 heteroatoms. The molecular weight excluding hydrogens is 358 g/mol. The number of nitrogens with one attached hydrogen (secondary N) is 1. The molecule has 2 aromatic heterocycles. The highest BCUT2D eigenvalue weighted by atomic mass is 16.5. The number of benzene rings is 1. The van der Waals surface area contributed by atoms with E-state index in [0.29, 0.717) is 34.7 Å². The Hall–Kier alpha value is -3.10. The van der Waals surface area contributed by atoms with Crippen LogP contribution in [0.25, 0.3) is 10.9 Å². The van der Waals surface area contributed by atoms with Crippen LogP contribution in [0, 0.1) is 0 Å². The van der Waals surface area contributed by atoms with Gasteiger partial charge in [-0.25, -0.2) is 4.98 Å². The topological polar surface area (TPSA) is 113 Å². The van der Waals surface area contributed by atoms with Crippen LogP contribution in [0.2, 0.25) is 0 Å². The lowest BCUT2D eigenvalue weighted by molar-refractivity contribution is 0.356. The van der Waals surface area contributed by atoms with Crippen molar-refractivity contribution in [3.63, 3.8) is 0 Å². The third-order valence-corrected chi connectivity index (χ3v) is 5.06. The van der Waals surface area contributed by atoms with Gasteiger partial charge in [-0.2, -0.15) is 4.98 Å². The Kier molecular flexibility index (Phi) is 4.66. The number of methoxy groups -OCH3 is 2. The fraction of sp³-hybridized carbons (Fsp3) is 0.474. The molecule has 1 atom stereocenters. The van der Waals surface area contributed by atoms with Crippen molar-refractivity contribution in [3.05, 3.63) is 23.8 Å². The molecule has 0 bridgehead atoms. The van der Waals surface area contributed by atoms with Crippen LogP contribution in [-0.4, -0.2) is 45.0 Å². The summed E-state index contributed by atoms with van der Waals surface area (Å²) in [7, 11) is 3.18. The summed E-state index contributed by atoms with van der Waals surface area (Å²) < 4.78 is 12.9. The third kappa shape index (κ3) is 3.17. The average molecular weight is 383 g/mol. The molecule has 3 N–H and O–H groups in total. The number of fused-ring (bicyclic) bond motifs is 2. The minimum absolute atomic E-state index is 0.179. The van der Waals surface area contributed by atoms with Gasteiger partial charge >= 0.3 is 0 Å². The molecule has 3 heterocycles. The Morgan fingerprint density at radius 3 is 2.61 bits per heavy atom. The second kappa shape index (κ2) is 7.14. The lowest BCUT2D eigenvalue weighted by Gasteiger charge is -2.26. The van der Waals surface area contributed by atoms with Crippen molar-refractivity contribution in [2.75, 3.05) is 25.3 Å². The number of rotatable bonds is 5. The lowest BCUT2D eigenvalue weighted by atomic mass is 10.1. The fourth-order valence-corrected chi connectivity index (χ4v) is 3.62. The molecule has 1 unspecified atom stereocenters. The summed E-state index contributed by atoms with van der Waals surface area (Å²) in [6.07, 6.45) is 1.80. The van der Waals surface area contributed by atoms with Crippen LogP contribution in [0.3, 0.4) is 0 Å². The van der Waals surface area contributed by atoms with Crippen LogP contribution < -0.4 is 20.5 Å². The van der Waals surface area contributed by atoms with Gasteiger partial charge in [0, 0.05) is 36.4 Å². The van der Waals surface area contributed by atoms with Crippen molar-refractivity contribution in [1.29, 1.82) is 0 Å². The molecule has 0 saturated carbocycles. The van der Waals surface area contributed by atoms with Gasteiger partial charge in [-0.05, 0) is 12.5 Å². The van der Waals surface area contributed by atoms with Crippen LogP contribution in [-0.2, 0) is 13.0 Å². The summed E-state index contributed by atoms with van der Waals surface area (Å²) in [5.74, 6) is 4.49. The van der Waals surface area contributed by atoms with E-state index >= 15 is 0 Å². The normalized spacial score (nSPS) is 16.2. The molecule has 1 aromatic carbocycles. The standard InChI is InChI=1S/C19H25N7O2/c1-10(2)18-25-24-16-6-5-11(9-26(16)18)21-19-22-13-8-15(28-4)14(27-3)7-12(13)17(20)23-19/h7-8,10-11H,5-6,9H2,1-4H3,(H3,20,21,22,23). The number of aryl methyl sites for hydroxylation is 1.